The molecule has 0 aliphatic carbocycles. The Morgan fingerprint density at radius 2 is 1.90 bits per heavy atom. The molecule has 0 saturated heterocycles. The minimum absolute atomic E-state index is 0.0418. The van der Waals surface area contributed by atoms with Gasteiger partial charge in [0.2, 0.25) is 5.91 Å². The quantitative estimate of drug-likeness (QED) is 0.840. The zero-order valence-corrected chi connectivity index (χ0v) is 13.0. The highest BCUT2D eigenvalue weighted by atomic mass is 35.5. The highest BCUT2D eigenvalue weighted by Gasteiger charge is 2.10. The lowest BCUT2D eigenvalue weighted by molar-refractivity contribution is -0.115. The van der Waals surface area contributed by atoms with Crippen LogP contribution < -0.4 is 11.1 Å². The molecule has 0 radical (unpaired) electrons. The van der Waals surface area contributed by atoms with E-state index >= 15 is 0 Å². The molecule has 4 heteroatoms. The number of hydrogen-bond acceptors (Lipinski definition) is 2. The van der Waals surface area contributed by atoms with Crippen molar-refractivity contribution in [1.82, 2.24) is 0 Å². The molecule has 2 aromatic carbocycles. The molecule has 2 aromatic rings. The zero-order chi connectivity index (χ0) is 15.4. The molecule has 0 bridgehead atoms. The number of hydrogen-bond donors (Lipinski definition) is 2. The maximum atomic E-state index is 12.2. The Balaban J connectivity index is 2.14. The maximum Gasteiger partial charge on any atom is 0.228 e. The summed E-state index contributed by atoms with van der Waals surface area (Å²) in [6, 6.07) is 11.1. The van der Waals surface area contributed by atoms with E-state index in [0.29, 0.717) is 11.4 Å². The predicted octanol–water partition coefficient (Wildman–Crippen LogP) is 3.97. The summed E-state index contributed by atoms with van der Waals surface area (Å²) in [6.45, 7) is 4.00. The van der Waals surface area contributed by atoms with Crippen LogP contribution in [-0.4, -0.2) is 5.91 Å². The average Bonchev–Trinajstić information content (AvgIpc) is 2.44. The summed E-state index contributed by atoms with van der Waals surface area (Å²) in [5.74, 6) is -0.0418. The van der Waals surface area contributed by atoms with Crippen molar-refractivity contribution in [2.75, 3.05) is 11.1 Å². The number of carbonyl (C=O) groups is 1. The highest BCUT2D eigenvalue weighted by molar-refractivity contribution is 6.30. The van der Waals surface area contributed by atoms with E-state index in [1.807, 2.05) is 38.1 Å². The lowest BCUT2D eigenvalue weighted by atomic mass is 10.0. The van der Waals surface area contributed by atoms with Gasteiger partial charge in [-0.3, -0.25) is 4.79 Å². The number of nitrogen functional groups attached to an aromatic ring is 1. The van der Waals surface area contributed by atoms with E-state index in [0.717, 1.165) is 34.5 Å². The van der Waals surface area contributed by atoms with E-state index in [1.54, 1.807) is 12.1 Å². The van der Waals surface area contributed by atoms with Gasteiger partial charge in [-0.05, 0) is 54.3 Å². The number of amides is 1. The second kappa shape index (κ2) is 6.64. The SMILES string of the molecule is CCc1cc(N)cc(C)c1NC(=O)Cc1ccc(Cl)cc1. The van der Waals surface area contributed by atoms with E-state index < -0.39 is 0 Å². The Morgan fingerprint density at radius 3 is 2.52 bits per heavy atom. The van der Waals surface area contributed by atoms with Crippen LogP contribution >= 0.6 is 11.6 Å². The number of rotatable bonds is 4. The number of anilines is 2. The normalized spacial score (nSPS) is 10.4. The second-order valence-corrected chi connectivity index (χ2v) is 5.51. The van der Waals surface area contributed by atoms with E-state index in [1.165, 1.54) is 0 Å². The van der Waals surface area contributed by atoms with Crippen LogP contribution in [0.25, 0.3) is 0 Å². The number of nitrogens with two attached hydrogens (primary N) is 1. The summed E-state index contributed by atoms with van der Waals surface area (Å²) in [4.78, 5) is 12.2. The molecule has 0 aliphatic heterocycles. The molecule has 21 heavy (non-hydrogen) atoms. The van der Waals surface area contributed by atoms with Crippen LogP contribution in [0.5, 0.6) is 0 Å². The molecule has 3 nitrogen and oxygen atoms in total. The third-order valence-electron chi connectivity index (χ3n) is 3.36. The summed E-state index contributed by atoms with van der Waals surface area (Å²) in [5, 5.41) is 3.66. The van der Waals surface area contributed by atoms with E-state index in [-0.39, 0.29) is 5.91 Å². The van der Waals surface area contributed by atoms with Crippen molar-refractivity contribution in [3.05, 3.63) is 58.1 Å². The molecule has 3 N–H and O–H groups in total. The molecular formula is C17H19ClN2O. The van der Waals surface area contributed by atoms with Gasteiger partial charge in [0.15, 0.2) is 0 Å². The van der Waals surface area contributed by atoms with Gasteiger partial charge in [0.25, 0.3) is 0 Å². The van der Waals surface area contributed by atoms with Crippen LogP contribution in [-0.2, 0) is 17.6 Å². The van der Waals surface area contributed by atoms with Crippen LogP contribution in [0.3, 0.4) is 0 Å². The molecule has 0 atom stereocenters. The van der Waals surface area contributed by atoms with Gasteiger partial charge in [-0.1, -0.05) is 30.7 Å². The molecule has 1 amide bonds. The number of nitrogens with one attached hydrogen (secondary N) is 1. The van der Waals surface area contributed by atoms with Crippen molar-refractivity contribution in [2.45, 2.75) is 26.7 Å². The lowest BCUT2D eigenvalue weighted by Gasteiger charge is -2.14. The fraction of sp³-hybridized carbons (Fsp3) is 0.235. The van der Waals surface area contributed by atoms with Gasteiger partial charge >= 0.3 is 0 Å². The molecule has 0 aromatic heterocycles. The molecular weight excluding hydrogens is 284 g/mol. The Bertz CT molecular complexity index is 651. The Labute approximate surface area is 130 Å². The highest BCUT2D eigenvalue weighted by Crippen LogP contribution is 2.25. The first kappa shape index (κ1) is 15.4. The molecule has 0 unspecified atom stereocenters. The first-order valence-corrected chi connectivity index (χ1v) is 7.30. The number of carbonyl (C=O) groups excluding carboxylic acids is 1. The molecule has 110 valence electrons. The largest absolute Gasteiger partial charge is 0.399 e. The molecule has 0 saturated carbocycles. The lowest BCUT2D eigenvalue weighted by Crippen LogP contribution is -2.16. The van der Waals surface area contributed by atoms with Crippen LogP contribution in [0, 0.1) is 6.92 Å². The van der Waals surface area contributed by atoms with Crippen molar-refractivity contribution in [3.63, 3.8) is 0 Å². The standard InChI is InChI=1S/C17H19ClN2O/c1-3-13-10-15(19)8-11(2)17(13)20-16(21)9-12-4-6-14(18)7-5-12/h4-8,10H,3,9,19H2,1-2H3,(H,20,21). The van der Waals surface area contributed by atoms with Crippen molar-refractivity contribution in [3.8, 4) is 0 Å². The van der Waals surface area contributed by atoms with Gasteiger partial charge in [-0.15, -0.1) is 0 Å². The molecule has 0 spiro atoms. The Morgan fingerprint density at radius 1 is 1.24 bits per heavy atom. The van der Waals surface area contributed by atoms with Crippen LogP contribution in [0.1, 0.15) is 23.6 Å². The van der Waals surface area contributed by atoms with Gasteiger partial charge < -0.3 is 11.1 Å². The van der Waals surface area contributed by atoms with Gasteiger partial charge in [0, 0.05) is 16.4 Å². The number of benzene rings is 2. The van der Waals surface area contributed by atoms with Crippen LogP contribution in [0.2, 0.25) is 5.02 Å². The third kappa shape index (κ3) is 3.99. The molecule has 2 rings (SSSR count). The fourth-order valence-corrected chi connectivity index (χ4v) is 2.45. The molecule has 0 fully saturated rings. The first-order chi connectivity index (χ1) is 9.99. The minimum Gasteiger partial charge on any atom is -0.399 e. The Kier molecular flexibility index (Phi) is 4.86. The van der Waals surface area contributed by atoms with E-state index in [4.69, 9.17) is 17.3 Å². The van der Waals surface area contributed by atoms with Crippen molar-refractivity contribution in [1.29, 1.82) is 0 Å². The van der Waals surface area contributed by atoms with Crippen LogP contribution in [0.15, 0.2) is 36.4 Å². The Hall–Kier alpha value is -2.00. The molecule has 0 aliphatic rings. The zero-order valence-electron chi connectivity index (χ0n) is 12.2. The maximum absolute atomic E-state index is 12.2. The van der Waals surface area contributed by atoms with Crippen molar-refractivity contribution >= 4 is 28.9 Å². The summed E-state index contributed by atoms with van der Waals surface area (Å²) >= 11 is 5.84. The van der Waals surface area contributed by atoms with Crippen molar-refractivity contribution < 1.29 is 4.79 Å². The minimum atomic E-state index is -0.0418. The van der Waals surface area contributed by atoms with E-state index in [2.05, 4.69) is 5.32 Å². The number of halogens is 1. The first-order valence-electron chi connectivity index (χ1n) is 6.93. The average molecular weight is 303 g/mol. The van der Waals surface area contributed by atoms with Gasteiger partial charge in [0.05, 0.1) is 6.42 Å². The summed E-state index contributed by atoms with van der Waals surface area (Å²) in [5.41, 5.74) is 10.4. The second-order valence-electron chi connectivity index (χ2n) is 5.08. The van der Waals surface area contributed by atoms with E-state index in [9.17, 15) is 4.79 Å². The van der Waals surface area contributed by atoms with Gasteiger partial charge in [-0.25, -0.2) is 0 Å². The third-order valence-corrected chi connectivity index (χ3v) is 3.61. The van der Waals surface area contributed by atoms with Gasteiger partial charge in [0.1, 0.15) is 0 Å². The number of aryl methyl sites for hydroxylation is 2. The predicted molar refractivity (Wildman–Crippen MR) is 88.8 cm³/mol. The topological polar surface area (TPSA) is 55.1 Å². The summed E-state index contributed by atoms with van der Waals surface area (Å²) in [7, 11) is 0. The summed E-state index contributed by atoms with van der Waals surface area (Å²) in [6.07, 6.45) is 1.15. The van der Waals surface area contributed by atoms with Crippen LogP contribution in [0.4, 0.5) is 11.4 Å². The van der Waals surface area contributed by atoms with Crippen molar-refractivity contribution in [2.24, 2.45) is 0 Å². The smallest absolute Gasteiger partial charge is 0.228 e. The van der Waals surface area contributed by atoms with Gasteiger partial charge in [-0.2, -0.15) is 0 Å². The summed E-state index contributed by atoms with van der Waals surface area (Å²) < 4.78 is 0. The fourth-order valence-electron chi connectivity index (χ4n) is 2.32. The molecule has 0 heterocycles. The monoisotopic (exact) mass is 302 g/mol.